The van der Waals surface area contributed by atoms with Crippen LogP contribution in [0.3, 0.4) is 0 Å². The highest BCUT2D eigenvalue weighted by Crippen LogP contribution is 2.45. The van der Waals surface area contributed by atoms with Gasteiger partial charge in [0.1, 0.15) is 13.2 Å². The second kappa shape index (κ2) is 5.72. The minimum absolute atomic E-state index is 0.0477. The highest BCUT2D eigenvalue weighted by atomic mass is 35.5. The Labute approximate surface area is 140 Å². The number of benzene rings is 1. The Morgan fingerprint density at radius 1 is 1.24 bits per heavy atom. The van der Waals surface area contributed by atoms with Gasteiger partial charge in [0, 0.05) is 6.07 Å². The Balaban J connectivity index is 2.22. The van der Waals surface area contributed by atoms with Crippen LogP contribution in [0.4, 0.5) is 32.0 Å². The zero-order valence-electron chi connectivity index (χ0n) is 12.1. The van der Waals surface area contributed by atoms with Crippen LogP contribution < -0.4 is 15.2 Å². The minimum atomic E-state index is -4.92. The first-order valence-corrected chi connectivity index (χ1v) is 7.23. The van der Waals surface area contributed by atoms with Gasteiger partial charge in [0.05, 0.1) is 21.6 Å². The van der Waals surface area contributed by atoms with E-state index in [0.717, 1.165) is 12.1 Å². The molecule has 1 atom stereocenters. The summed E-state index contributed by atoms with van der Waals surface area (Å²) in [5.74, 6) is -0.233. The molecule has 25 heavy (non-hydrogen) atoms. The molecule has 0 spiro atoms. The van der Waals surface area contributed by atoms with Gasteiger partial charge in [0.15, 0.2) is 11.8 Å². The maximum absolute atomic E-state index is 13.1. The number of rotatable bonds is 1. The maximum atomic E-state index is 13.1. The average Bonchev–Trinajstić information content (AvgIpc) is 2.43. The molecule has 0 saturated carbocycles. The topological polar surface area (TPSA) is 45.3 Å². The van der Waals surface area contributed by atoms with Gasteiger partial charge in [-0.1, -0.05) is 11.6 Å². The first-order valence-electron chi connectivity index (χ1n) is 6.86. The predicted molar refractivity (Wildman–Crippen MR) is 78.3 cm³/mol. The molecule has 1 unspecified atom stereocenters. The molecule has 4 nitrogen and oxygen atoms in total. The number of hydrogen-bond donors (Lipinski definition) is 1. The third-order valence-corrected chi connectivity index (χ3v) is 3.99. The van der Waals surface area contributed by atoms with E-state index in [4.69, 9.17) is 16.3 Å². The minimum Gasteiger partial charge on any atom is -0.488 e. The number of aromatic amines is 1. The van der Waals surface area contributed by atoms with Crippen molar-refractivity contribution in [3.8, 4) is 5.75 Å². The van der Waals surface area contributed by atoms with Crippen LogP contribution in [0.2, 0.25) is 5.02 Å². The fourth-order valence-electron chi connectivity index (χ4n) is 2.72. The molecule has 1 aliphatic heterocycles. The van der Waals surface area contributed by atoms with Gasteiger partial charge in [-0.3, -0.25) is 4.79 Å². The van der Waals surface area contributed by atoms with Gasteiger partial charge in [-0.05, 0) is 12.1 Å². The average molecular weight is 387 g/mol. The van der Waals surface area contributed by atoms with Gasteiger partial charge >= 0.3 is 12.4 Å². The Hall–Kier alpha value is -2.10. The van der Waals surface area contributed by atoms with Gasteiger partial charge in [-0.2, -0.15) is 26.3 Å². The standard InChI is InChI=1S/C14H9ClF6N2O2/c15-6-3-10(24)22-7-1-2-8-12(11(6)7)25-4-9(14(19,20)21)23(8)5-13(16,17)18/h1-3,9H,4-5H2,(H,22,24). The normalized spacial score (nSPS) is 18.2. The molecular formula is C14H9ClF6N2O2. The zero-order chi connectivity index (χ0) is 18.6. The largest absolute Gasteiger partial charge is 0.488 e. The number of nitrogens with zero attached hydrogens (tertiary/aromatic N) is 1. The zero-order valence-corrected chi connectivity index (χ0v) is 12.9. The highest BCUT2D eigenvalue weighted by molar-refractivity contribution is 6.36. The summed E-state index contributed by atoms with van der Waals surface area (Å²) in [6.07, 6.45) is -9.78. The lowest BCUT2D eigenvalue weighted by Crippen LogP contribution is -2.54. The number of H-pyrrole nitrogens is 1. The van der Waals surface area contributed by atoms with E-state index in [2.05, 4.69) is 4.98 Å². The molecule has 3 rings (SSSR count). The van der Waals surface area contributed by atoms with Crippen molar-refractivity contribution in [2.24, 2.45) is 0 Å². The summed E-state index contributed by atoms with van der Waals surface area (Å²) in [6, 6.07) is 0.735. The molecule has 0 saturated heterocycles. The number of halogens is 7. The molecule has 1 aromatic carbocycles. The van der Waals surface area contributed by atoms with E-state index >= 15 is 0 Å². The summed E-state index contributed by atoms with van der Waals surface area (Å²) in [5.41, 5.74) is -0.811. The number of fused-ring (bicyclic) bond motifs is 3. The van der Waals surface area contributed by atoms with Gasteiger partial charge in [-0.25, -0.2) is 0 Å². The SMILES string of the molecule is O=c1cc(Cl)c2c3c(ccc2[nH]1)N(CC(F)(F)F)C(C(F)(F)F)CO3. The molecule has 2 aromatic rings. The third kappa shape index (κ3) is 3.35. The van der Waals surface area contributed by atoms with Crippen LogP contribution in [0, 0.1) is 0 Å². The van der Waals surface area contributed by atoms with Crippen LogP contribution in [-0.4, -0.2) is 36.5 Å². The van der Waals surface area contributed by atoms with Crippen molar-refractivity contribution >= 4 is 28.2 Å². The van der Waals surface area contributed by atoms with Gasteiger partial charge in [0.25, 0.3) is 0 Å². The molecule has 1 aliphatic rings. The highest BCUT2D eigenvalue weighted by Gasteiger charge is 2.50. The van der Waals surface area contributed by atoms with Gasteiger partial charge < -0.3 is 14.6 Å². The first-order chi connectivity index (χ1) is 11.5. The second-order valence-corrected chi connectivity index (χ2v) is 5.84. The van der Waals surface area contributed by atoms with Crippen LogP contribution in [0.25, 0.3) is 10.9 Å². The van der Waals surface area contributed by atoms with E-state index in [9.17, 15) is 31.1 Å². The number of nitrogens with one attached hydrogen (secondary N) is 1. The van der Waals surface area contributed by atoms with E-state index in [-0.39, 0.29) is 26.6 Å². The quantitative estimate of drug-likeness (QED) is 0.757. The fraction of sp³-hybridized carbons (Fsp3) is 0.357. The summed E-state index contributed by atoms with van der Waals surface area (Å²) >= 11 is 5.94. The molecular weight excluding hydrogens is 378 g/mol. The molecule has 2 heterocycles. The maximum Gasteiger partial charge on any atom is 0.412 e. The van der Waals surface area contributed by atoms with Gasteiger partial charge in [-0.15, -0.1) is 0 Å². The second-order valence-electron chi connectivity index (χ2n) is 5.43. The number of alkyl halides is 6. The monoisotopic (exact) mass is 386 g/mol. The smallest absolute Gasteiger partial charge is 0.412 e. The number of pyridine rings is 1. The molecule has 11 heteroatoms. The van der Waals surface area contributed by atoms with E-state index in [1.807, 2.05) is 0 Å². The van der Waals surface area contributed by atoms with Crippen molar-refractivity contribution in [2.45, 2.75) is 18.4 Å². The Kier molecular flexibility index (Phi) is 4.05. The summed E-state index contributed by atoms with van der Waals surface area (Å²) in [6.45, 7) is -2.83. The Bertz CT molecular complexity index is 876. The molecule has 0 bridgehead atoms. The fourth-order valence-corrected chi connectivity index (χ4v) is 3.01. The van der Waals surface area contributed by atoms with Crippen LogP contribution in [0.1, 0.15) is 0 Å². The summed E-state index contributed by atoms with van der Waals surface area (Å²) in [4.78, 5) is 14.0. The first kappa shape index (κ1) is 17.7. The van der Waals surface area contributed by atoms with Crippen molar-refractivity contribution in [3.05, 3.63) is 33.6 Å². The van der Waals surface area contributed by atoms with Crippen molar-refractivity contribution in [1.82, 2.24) is 4.98 Å². The number of hydrogen-bond acceptors (Lipinski definition) is 3. The number of anilines is 1. The lowest BCUT2D eigenvalue weighted by molar-refractivity contribution is -0.166. The Morgan fingerprint density at radius 3 is 2.52 bits per heavy atom. The predicted octanol–water partition coefficient (Wildman–Crippen LogP) is 3.87. The van der Waals surface area contributed by atoms with E-state index in [0.29, 0.717) is 0 Å². The van der Waals surface area contributed by atoms with Crippen molar-refractivity contribution < 1.29 is 31.1 Å². The van der Waals surface area contributed by atoms with E-state index in [1.54, 1.807) is 0 Å². The van der Waals surface area contributed by atoms with Crippen molar-refractivity contribution in [2.75, 3.05) is 18.1 Å². The molecule has 0 fully saturated rings. The van der Waals surface area contributed by atoms with Gasteiger partial charge in [0.2, 0.25) is 5.56 Å². The van der Waals surface area contributed by atoms with Crippen LogP contribution in [0.15, 0.2) is 23.0 Å². The summed E-state index contributed by atoms with van der Waals surface area (Å²) in [7, 11) is 0. The number of aromatic nitrogens is 1. The van der Waals surface area contributed by atoms with Crippen LogP contribution >= 0.6 is 11.6 Å². The number of ether oxygens (including phenoxy) is 1. The summed E-state index contributed by atoms with van der Waals surface area (Å²) in [5, 5.41) is -0.0837. The van der Waals surface area contributed by atoms with Crippen molar-refractivity contribution in [1.29, 1.82) is 0 Å². The van der Waals surface area contributed by atoms with E-state index < -0.39 is 42.8 Å². The van der Waals surface area contributed by atoms with Crippen LogP contribution in [-0.2, 0) is 0 Å². The Morgan fingerprint density at radius 2 is 1.92 bits per heavy atom. The lowest BCUT2D eigenvalue weighted by Gasteiger charge is -2.40. The third-order valence-electron chi connectivity index (χ3n) is 3.69. The molecule has 1 N–H and O–H groups in total. The van der Waals surface area contributed by atoms with Crippen molar-refractivity contribution in [3.63, 3.8) is 0 Å². The molecule has 0 amide bonds. The molecule has 1 aromatic heterocycles. The molecule has 136 valence electrons. The van der Waals surface area contributed by atoms with E-state index in [1.165, 1.54) is 6.07 Å². The molecule has 0 aliphatic carbocycles. The summed E-state index contributed by atoms with van der Waals surface area (Å²) < 4.78 is 83.0. The molecule has 0 radical (unpaired) electrons. The lowest BCUT2D eigenvalue weighted by atomic mass is 10.1. The van der Waals surface area contributed by atoms with Crippen LogP contribution in [0.5, 0.6) is 5.75 Å².